The lowest BCUT2D eigenvalue weighted by Gasteiger charge is -2.33. The Labute approximate surface area is 296 Å². The highest BCUT2D eigenvalue weighted by molar-refractivity contribution is 7.89. The van der Waals surface area contributed by atoms with Crippen molar-refractivity contribution in [1.29, 1.82) is 5.26 Å². The molecule has 11 nitrogen and oxygen atoms in total. The van der Waals surface area contributed by atoms with Gasteiger partial charge in [0.1, 0.15) is 33.6 Å². The Hall–Kier alpha value is -4.82. The summed E-state index contributed by atoms with van der Waals surface area (Å²) in [5, 5.41) is 22.9. The normalized spacial score (nSPS) is 14.5. The average Bonchev–Trinajstić information content (AvgIpc) is 3.66. The standard InChI is InChI=1S/C35H35F3N8O3S2/c1-3-32(47)44-29-6-4-22(14-31(29)51(40,48)49)8-13-46-25(18-39)15-27-21(2)23(5-7-30(27)46)19-45-11-9-24(10-12-45)43-33-28-16-26(17-35(36,37)38)50-34(28)42-20-41-33/h3-7,14-16,20,24H,1,8-13,17,19H2,2H3,(H,44,47)(H2,40,48,49)(H,41,42,43). The fourth-order valence-corrected chi connectivity index (χ4v) is 8.25. The molecule has 1 aliphatic heterocycles. The second-order valence-electron chi connectivity index (χ2n) is 12.5. The number of aryl methyl sites for hydroxylation is 3. The number of carbonyl (C=O) groups excluding carboxylic acids is 1. The second kappa shape index (κ2) is 14.4. The summed E-state index contributed by atoms with van der Waals surface area (Å²) in [4.78, 5) is 23.2. The van der Waals surface area contributed by atoms with Crippen LogP contribution in [0.5, 0.6) is 0 Å². The molecule has 1 aliphatic rings. The Kier molecular flexibility index (Phi) is 10.2. The van der Waals surface area contributed by atoms with E-state index in [9.17, 15) is 31.6 Å². The minimum absolute atomic E-state index is 0.0610. The van der Waals surface area contributed by atoms with Crippen LogP contribution >= 0.6 is 11.3 Å². The molecule has 6 rings (SSSR count). The second-order valence-corrected chi connectivity index (χ2v) is 15.2. The zero-order chi connectivity index (χ0) is 36.5. The number of carbonyl (C=O) groups is 1. The molecule has 1 saturated heterocycles. The molecule has 5 aromatic rings. The van der Waals surface area contributed by atoms with Gasteiger partial charge in [-0.1, -0.05) is 18.7 Å². The van der Waals surface area contributed by atoms with E-state index in [0.717, 1.165) is 71.9 Å². The summed E-state index contributed by atoms with van der Waals surface area (Å²) in [6.45, 7) is 8.17. The molecule has 0 atom stereocenters. The van der Waals surface area contributed by atoms with Crippen molar-refractivity contribution in [2.24, 2.45) is 5.14 Å². The number of thiophene rings is 1. The fourth-order valence-electron chi connectivity index (χ4n) is 6.49. The molecule has 0 spiro atoms. The van der Waals surface area contributed by atoms with Gasteiger partial charge in [0.25, 0.3) is 0 Å². The van der Waals surface area contributed by atoms with E-state index in [2.05, 4.69) is 44.2 Å². The van der Waals surface area contributed by atoms with Crippen molar-refractivity contribution in [3.63, 3.8) is 0 Å². The fraction of sp³-hybridized carbons (Fsp3) is 0.314. The van der Waals surface area contributed by atoms with Gasteiger partial charge in [0.2, 0.25) is 15.9 Å². The van der Waals surface area contributed by atoms with Gasteiger partial charge in [-0.2, -0.15) is 18.4 Å². The summed E-state index contributed by atoms with van der Waals surface area (Å²) in [6.07, 6.45) is -0.796. The largest absolute Gasteiger partial charge is 0.393 e. The van der Waals surface area contributed by atoms with Gasteiger partial charge < -0.3 is 15.2 Å². The van der Waals surface area contributed by atoms with Crippen LogP contribution in [0.15, 0.2) is 66.3 Å². The number of amides is 1. The number of benzene rings is 2. The van der Waals surface area contributed by atoms with Gasteiger partial charge in [-0.15, -0.1) is 11.3 Å². The van der Waals surface area contributed by atoms with Crippen molar-refractivity contribution in [3.05, 3.63) is 88.7 Å². The maximum atomic E-state index is 13.0. The van der Waals surface area contributed by atoms with E-state index < -0.39 is 28.5 Å². The number of likely N-dealkylation sites (tertiary alicyclic amines) is 1. The predicted octanol–water partition coefficient (Wildman–Crippen LogP) is 6.02. The first kappa shape index (κ1) is 36.0. The third kappa shape index (κ3) is 8.23. The van der Waals surface area contributed by atoms with E-state index in [1.165, 1.54) is 24.5 Å². The number of aromatic nitrogens is 3. The Morgan fingerprint density at radius 2 is 1.92 bits per heavy atom. The molecule has 4 N–H and O–H groups in total. The molecule has 0 saturated carbocycles. The Bertz CT molecular complexity index is 2290. The number of piperidine rings is 1. The number of sulfonamides is 1. The lowest BCUT2D eigenvalue weighted by atomic mass is 10.0. The number of hydrogen-bond donors (Lipinski definition) is 3. The summed E-state index contributed by atoms with van der Waals surface area (Å²) in [7, 11) is -4.13. The Balaban J connectivity index is 1.12. The first-order chi connectivity index (χ1) is 24.2. The Morgan fingerprint density at radius 1 is 1.16 bits per heavy atom. The predicted molar refractivity (Wildman–Crippen MR) is 191 cm³/mol. The van der Waals surface area contributed by atoms with Gasteiger partial charge >= 0.3 is 6.18 Å². The Morgan fingerprint density at radius 3 is 2.61 bits per heavy atom. The van der Waals surface area contributed by atoms with E-state index in [0.29, 0.717) is 40.3 Å². The van der Waals surface area contributed by atoms with Crippen LogP contribution in [0.4, 0.5) is 24.7 Å². The smallest absolute Gasteiger partial charge is 0.367 e. The van der Waals surface area contributed by atoms with Crippen molar-refractivity contribution in [2.75, 3.05) is 23.7 Å². The number of nitrogens with zero attached hydrogens (tertiary/aromatic N) is 5. The summed E-state index contributed by atoms with van der Waals surface area (Å²) >= 11 is 1.04. The third-order valence-electron chi connectivity index (χ3n) is 9.08. The molecule has 4 heterocycles. The number of rotatable bonds is 11. The third-order valence-corrected chi connectivity index (χ3v) is 11.1. The van der Waals surface area contributed by atoms with Crippen LogP contribution in [0.25, 0.3) is 21.1 Å². The van der Waals surface area contributed by atoms with Gasteiger partial charge in [-0.05, 0) is 79.3 Å². The van der Waals surface area contributed by atoms with Crippen LogP contribution in [0, 0.1) is 18.3 Å². The number of halogens is 3. The molecular weight excluding hydrogens is 702 g/mol. The number of nitrogens with two attached hydrogens (primary N) is 1. The van der Waals surface area contributed by atoms with Gasteiger partial charge in [-0.3, -0.25) is 9.69 Å². The van der Waals surface area contributed by atoms with E-state index in [1.807, 2.05) is 23.6 Å². The number of fused-ring (bicyclic) bond motifs is 2. The van der Waals surface area contributed by atoms with Crippen molar-refractivity contribution < 1.29 is 26.4 Å². The zero-order valence-electron chi connectivity index (χ0n) is 27.6. The minimum Gasteiger partial charge on any atom is -0.367 e. The van der Waals surface area contributed by atoms with Crippen LogP contribution in [0.2, 0.25) is 0 Å². The first-order valence-electron chi connectivity index (χ1n) is 16.1. The van der Waals surface area contributed by atoms with Crippen LogP contribution in [-0.2, 0) is 40.7 Å². The maximum absolute atomic E-state index is 13.0. The first-order valence-corrected chi connectivity index (χ1v) is 18.5. The van der Waals surface area contributed by atoms with E-state index in [1.54, 1.807) is 6.07 Å². The van der Waals surface area contributed by atoms with Gasteiger partial charge in [0.05, 0.1) is 17.5 Å². The average molecular weight is 737 g/mol. The van der Waals surface area contributed by atoms with E-state index in [4.69, 9.17) is 5.14 Å². The van der Waals surface area contributed by atoms with Crippen molar-refractivity contribution in [1.82, 2.24) is 19.4 Å². The summed E-state index contributed by atoms with van der Waals surface area (Å²) in [6, 6.07) is 14.5. The highest BCUT2D eigenvalue weighted by atomic mass is 32.2. The highest BCUT2D eigenvalue weighted by Gasteiger charge is 2.29. The maximum Gasteiger partial charge on any atom is 0.393 e. The van der Waals surface area contributed by atoms with Crippen LogP contribution in [-0.4, -0.2) is 59.1 Å². The summed E-state index contributed by atoms with van der Waals surface area (Å²) < 4.78 is 65.3. The van der Waals surface area contributed by atoms with Crippen LogP contribution < -0.4 is 15.8 Å². The van der Waals surface area contributed by atoms with E-state index >= 15 is 0 Å². The highest BCUT2D eigenvalue weighted by Crippen LogP contribution is 2.34. The molecule has 1 amide bonds. The molecule has 51 heavy (non-hydrogen) atoms. The number of primary sulfonamides is 1. The molecule has 0 aliphatic carbocycles. The summed E-state index contributed by atoms with van der Waals surface area (Å²) in [5.74, 6) is -0.00723. The lowest BCUT2D eigenvalue weighted by Crippen LogP contribution is -2.39. The van der Waals surface area contributed by atoms with E-state index in [-0.39, 0.29) is 21.5 Å². The molecule has 266 valence electrons. The molecule has 1 fully saturated rings. The monoisotopic (exact) mass is 736 g/mol. The molecule has 0 radical (unpaired) electrons. The molecular formula is C35H35F3N8O3S2. The van der Waals surface area contributed by atoms with Gasteiger partial charge in [-0.25, -0.2) is 23.5 Å². The minimum atomic E-state index is -4.29. The zero-order valence-corrected chi connectivity index (χ0v) is 29.3. The number of hydrogen-bond acceptors (Lipinski definition) is 9. The lowest BCUT2D eigenvalue weighted by molar-refractivity contribution is -0.126. The molecule has 3 aromatic heterocycles. The molecule has 0 bridgehead atoms. The van der Waals surface area contributed by atoms with Gasteiger partial charge in [0.15, 0.2) is 0 Å². The molecule has 0 unspecified atom stereocenters. The van der Waals surface area contributed by atoms with Crippen LogP contribution in [0.3, 0.4) is 0 Å². The quantitative estimate of drug-likeness (QED) is 0.139. The number of nitriles is 1. The van der Waals surface area contributed by atoms with Gasteiger partial charge in [0, 0.05) is 48.0 Å². The summed E-state index contributed by atoms with van der Waals surface area (Å²) in [5.41, 5.74) is 4.30. The molecule has 2 aromatic carbocycles. The number of anilines is 2. The van der Waals surface area contributed by atoms with Crippen molar-refractivity contribution >= 4 is 59.9 Å². The molecule has 16 heteroatoms. The number of alkyl halides is 3. The number of nitrogens with one attached hydrogen (secondary N) is 2. The SMILES string of the molecule is C=CC(=O)Nc1ccc(CCn2c(C#N)cc3c(C)c(CN4CCC(Nc5ncnc6sc(CC(F)(F)F)cc56)CC4)ccc32)cc1S(N)(=O)=O. The topological polar surface area (TPSA) is 159 Å². The van der Waals surface area contributed by atoms with Crippen molar-refractivity contribution in [2.45, 2.75) is 62.8 Å². The van der Waals surface area contributed by atoms with Crippen molar-refractivity contribution in [3.8, 4) is 6.07 Å². The van der Waals surface area contributed by atoms with Crippen LogP contribution in [0.1, 0.15) is 40.1 Å².